The fourth-order valence-electron chi connectivity index (χ4n) is 2.78. The zero-order valence-corrected chi connectivity index (χ0v) is 14.1. The molecule has 1 aliphatic rings. The summed E-state index contributed by atoms with van der Waals surface area (Å²) >= 11 is 6.04. The van der Waals surface area contributed by atoms with E-state index in [0.29, 0.717) is 23.2 Å². The fourth-order valence-corrected chi connectivity index (χ4v) is 2.93. The highest BCUT2D eigenvalue weighted by Crippen LogP contribution is 2.23. The molecular formula is C18H20ClN3O2. The molecule has 1 aromatic carbocycles. The molecule has 1 aromatic heterocycles. The predicted octanol–water partition coefficient (Wildman–Crippen LogP) is 4.06. The number of ether oxygens (including phenoxy) is 1. The van der Waals surface area contributed by atoms with Gasteiger partial charge in [0.2, 0.25) is 0 Å². The number of carbonyl (C=O) groups is 1. The standard InChI is InChI=1S/C18H20ClN3O2/c19-16-6-9-20-12-17(16)21-18(23)22-10-7-14(13-22)8-11-24-15-4-2-1-3-5-15/h1-6,9,12,14H,7-8,10-11,13H2,(H,21,23). The Morgan fingerprint density at radius 2 is 2.17 bits per heavy atom. The van der Waals surface area contributed by atoms with Crippen LogP contribution in [0, 0.1) is 5.92 Å². The molecule has 2 aromatic rings. The van der Waals surface area contributed by atoms with Gasteiger partial charge in [-0.3, -0.25) is 4.98 Å². The van der Waals surface area contributed by atoms with Gasteiger partial charge in [0, 0.05) is 19.3 Å². The summed E-state index contributed by atoms with van der Waals surface area (Å²) in [4.78, 5) is 18.1. The molecule has 1 saturated heterocycles. The molecular weight excluding hydrogens is 326 g/mol. The number of anilines is 1. The van der Waals surface area contributed by atoms with Crippen LogP contribution >= 0.6 is 11.6 Å². The molecule has 2 heterocycles. The van der Waals surface area contributed by atoms with Gasteiger partial charge < -0.3 is 15.0 Å². The van der Waals surface area contributed by atoms with Gasteiger partial charge in [0.05, 0.1) is 23.5 Å². The van der Waals surface area contributed by atoms with E-state index in [2.05, 4.69) is 10.3 Å². The Balaban J connectivity index is 1.43. The Morgan fingerprint density at radius 1 is 1.33 bits per heavy atom. The Hall–Kier alpha value is -2.27. The lowest BCUT2D eigenvalue weighted by atomic mass is 10.1. The van der Waals surface area contributed by atoms with Crippen LogP contribution in [0.3, 0.4) is 0 Å². The van der Waals surface area contributed by atoms with E-state index in [1.165, 1.54) is 0 Å². The third-order valence-corrected chi connectivity index (χ3v) is 4.45. The summed E-state index contributed by atoms with van der Waals surface area (Å²) in [7, 11) is 0. The first-order chi connectivity index (χ1) is 11.7. The highest BCUT2D eigenvalue weighted by atomic mass is 35.5. The molecule has 126 valence electrons. The second kappa shape index (κ2) is 8.02. The van der Waals surface area contributed by atoms with E-state index in [1.54, 1.807) is 18.5 Å². The zero-order valence-electron chi connectivity index (χ0n) is 13.3. The molecule has 0 bridgehead atoms. The third kappa shape index (κ3) is 4.38. The minimum Gasteiger partial charge on any atom is -0.494 e. The van der Waals surface area contributed by atoms with Gasteiger partial charge in [0.1, 0.15) is 5.75 Å². The molecule has 1 N–H and O–H groups in total. The molecule has 5 nitrogen and oxygen atoms in total. The smallest absolute Gasteiger partial charge is 0.321 e. The summed E-state index contributed by atoms with van der Waals surface area (Å²) in [5.41, 5.74) is 0.542. The summed E-state index contributed by atoms with van der Waals surface area (Å²) in [5, 5.41) is 3.31. The topological polar surface area (TPSA) is 54.5 Å². The van der Waals surface area contributed by atoms with E-state index in [4.69, 9.17) is 16.3 Å². The van der Waals surface area contributed by atoms with Crippen molar-refractivity contribution in [3.63, 3.8) is 0 Å². The van der Waals surface area contributed by atoms with Crippen molar-refractivity contribution in [3.8, 4) is 5.75 Å². The van der Waals surface area contributed by atoms with E-state index in [1.807, 2.05) is 35.2 Å². The average Bonchev–Trinajstić information content (AvgIpc) is 3.07. The fraction of sp³-hybridized carbons (Fsp3) is 0.333. The number of carbonyl (C=O) groups excluding carboxylic acids is 1. The third-order valence-electron chi connectivity index (χ3n) is 4.12. The highest BCUT2D eigenvalue weighted by molar-refractivity contribution is 6.33. The number of halogens is 1. The molecule has 2 amide bonds. The van der Waals surface area contributed by atoms with E-state index in [0.717, 1.165) is 31.7 Å². The number of nitrogens with one attached hydrogen (secondary N) is 1. The van der Waals surface area contributed by atoms with Crippen molar-refractivity contribution in [2.45, 2.75) is 12.8 Å². The molecule has 1 unspecified atom stereocenters. The summed E-state index contributed by atoms with van der Waals surface area (Å²) in [6.07, 6.45) is 5.08. The van der Waals surface area contributed by atoms with Gasteiger partial charge in [-0.2, -0.15) is 0 Å². The van der Waals surface area contributed by atoms with Crippen molar-refractivity contribution in [1.29, 1.82) is 0 Å². The second-order valence-corrected chi connectivity index (χ2v) is 6.24. The first-order valence-electron chi connectivity index (χ1n) is 8.05. The Morgan fingerprint density at radius 3 is 2.96 bits per heavy atom. The van der Waals surface area contributed by atoms with Crippen molar-refractivity contribution in [2.24, 2.45) is 5.92 Å². The van der Waals surface area contributed by atoms with Crippen molar-refractivity contribution >= 4 is 23.3 Å². The predicted molar refractivity (Wildman–Crippen MR) is 94.5 cm³/mol. The van der Waals surface area contributed by atoms with E-state index >= 15 is 0 Å². The number of rotatable bonds is 5. The first-order valence-corrected chi connectivity index (χ1v) is 8.43. The van der Waals surface area contributed by atoms with Crippen LogP contribution in [-0.2, 0) is 0 Å². The van der Waals surface area contributed by atoms with Crippen molar-refractivity contribution in [1.82, 2.24) is 9.88 Å². The first kappa shape index (κ1) is 16.6. The minimum absolute atomic E-state index is 0.128. The van der Waals surface area contributed by atoms with Gasteiger partial charge in [-0.15, -0.1) is 0 Å². The van der Waals surface area contributed by atoms with E-state index < -0.39 is 0 Å². The largest absolute Gasteiger partial charge is 0.494 e. The zero-order chi connectivity index (χ0) is 16.8. The van der Waals surface area contributed by atoms with Crippen LogP contribution in [0.1, 0.15) is 12.8 Å². The maximum Gasteiger partial charge on any atom is 0.321 e. The quantitative estimate of drug-likeness (QED) is 0.889. The number of aromatic nitrogens is 1. The van der Waals surface area contributed by atoms with Crippen LogP contribution in [0.25, 0.3) is 0 Å². The van der Waals surface area contributed by atoms with Crippen LogP contribution in [0.15, 0.2) is 48.8 Å². The number of amides is 2. The maximum absolute atomic E-state index is 12.3. The lowest BCUT2D eigenvalue weighted by Crippen LogP contribution is -2.33. The summed E-state index contributed by atoms with van der Waals surface area (Å²) in [6.45, 7) is 2.15. The minimum atomic E-state index is -0.128. The van der Waals surface area contributed by atoms with Gasteiger partial charge in [0.15, 0.2) is 0 Å². The van der Waals surface area contributed by atoms with Gasteiger partial charge in [-0.25, -0.2) is 4.79 Å². The van der Waals surface area contributed by atoms with Crippen LogP contribution in [0.4, 0.5) is 10.5 Å². The van der Waals surface area contributed by atoms with Crippen LogP contribution in [-0.4, -0.2) is 35.6 Å². The van der Waals surface area contributed by atoms with Crippen molar-refractivity contribution in [2.75, 3.05) is 25.0 Å². The monoisotopic (exact) mass is 345 g/mol. The molecule has 0 saturated carbocycles. The van der Waals surface area contributed by atoms with Crippen molar-refractivity contribution in [3.05, 3.63) is 53.8 Å². The average molecular weight is 346 g/mol. The molecule has 0 spiro atoms. The number of benzene rings is 1. The number of likely N-dealkylation sites (tertiary alicyclic amines) is 1. The molecule has 1 fully saturated rings. The molecule has 24 heavy (non-hydrogen) atoms. The Bertz CT molecular complexity index is 681. The number of nitrogens with zero attached hydrogens (tertiary/aromatic N) is 2. The number of para-hydroxylation sites is 1. The molecule has 6 heteroatoms. The molecule has 0 aliphatic carbocycles. The normalized spacial score (nSPS) is 16.9. The Kier molecular flexibility index (Phi) is 5.54. The number of hydrogen-bond donors (Lipinski definition) is 1. The molecule has 1 atom stereocenters. The number of pyridine rings is 1. The number of hydrogen-bond acceptors (Lipinski definition) is 3. The van der Waals surface area contributed by atoms with Gasteiger partial charge in [0.25, 0.3) is 0 Å². The van der Waals surface area contributed by atoms with Crippen LogP contribution in [0.5, 0.6) is 5.75 Å². The van der Waals surface area contributed by atoms with Crippen LogP contribution < -0.4 is 10.1 Å². The summed E-state index contributed by atoms with van der Waals surface area (Å²) < 4.78 is 5.73. The molecule has 0 radical (unpaired) electrons. The molecule has 1 aliphatic heterocycles. The van der Waals surface area contributed by atoms with Gasteiger partial charge >= 0.3 is 6.03 Å². The molecule has 3 rings (SSSR count). The van der Waals surface area contributed by atoms with Crippen molar-refractivity contribution < 1.29 is 9.53 Å². The van der Waals surface area contributed by atoms with Gasteiger partial charge in [-0.05, 0) is 37.0 Å². The lowest BCUT2D eigenvalue weighted by molar-refractivity contribution is 0.218. The number of urea groups is 1. The maximum atomic E-state index is 12.3. The second-order valence-electron chi connectivity index (χ2n) is 5.84. The summed E-state index contributed by atoms with van der Waals surface area (Å²) in [5.74, 6) is 1.35. The van der Waals surface area contributed by atoms with E-state index in [9.17, 15) is 4.79 Å². The van der Waals surface area contributed by atoms with Gasteiger partial charge in [-0.1, -0.05) is 29.8 Å². The lowest BCUT2D eigenvalue weighted by Gasteiger charge is -2.18. The van der Waals surface area contributed by atoms with E-state index in [-0.39, 0.29) is 6.03 Å². The highest BCUT2D eigenvalue weighted by Gasteiger charge is 2.26. The summed E-state index contributed by atoms with van der Waals surface area (Å²) in [6, 6.07) is 11.3. The van der Waals surface area contributed by atoms with Crippen LogP contribution in [0.2, 0.25) is 5.02 Å². The Labute approximate surface area is 146 Å². The SMILES string of the molecule is O=C(Nc1cnccc1Cl)N1CCC(CCOc2ccccc2)C1.